The number of nitrogens with one attached hydrogen (secondary N) is 2. The van der Waals surface area contributed by atoms with Crippen molar-refractivity contribution >= 4 is 34.7 Å². The van der Waals surface area contributed by atoms with Gasteiger partial charge in [0.1, 0.15) is 0 Å². The van der Waals surface area contributed by atoms with Gasteiger partial charge in [-0.15, -0.1) is 0 Å². The van der Waals surface area contributed by atoms with Crippen molar-refractivity contribution in [3.63, 3.8) is 0 Å². The largest absolute Gasteiger partial charge is 0.465 e. The zero-order valence-corrected chi connectivity index (χ0v) is 10.8. The molecule has 0 spiro atoms. The summed E-state index contributed by atoms with van der Waals surface area (Å²) in [6.07, 6.45) is 2.32. The number of ether oxygens (including phenoxy) is 1. The quantitative estimate of drug-likeness (QED) is 0.568. The highest BCUT2D eigenvalue weighted by atomic mass is 32.1. The van der Waals surface area contributed by atoms with Gasteiger partial charge in [0.25, 0.3) is 0 Å². The number of carbonyl (C=O) groups is 1. The lowest BCUT2D eigenvalue weighted by atomic mass is 10.1. The number of nitrogens with two attached hydrogens (primary N) is 1. The van der Waals surface area contributed by atoms with Crippen LogP contribution < -0.4 is 16.4 Å². The van der Waals surface area contributed by atoms with Gasteiger partial charge in [-0.3, -0.25) is 0 Å². The molecule has 0 unspecified atom stereocenters. The minimum absolute atomic E-state index is 0.163. The predicted octanol–water partition coefficient (Wildman–Crippen LogP) is 1.70. The SMILES string of the molecule is COC(=O)c1ccc(NC2CC2)c(NC(N)=S)c1. The maximum absolute atomic E-state index is 11.5. The molecule has 5 nitrogen and oxygen atoms in total. The van der Waals surface area contributed by atoms with Crippen molar-refractivity contribution in [1.29, 1.82) is 0 Å². The topological polar surface area (TPSA) is 76.4 Å². The minimum Gasteiger partial charge on any atom is -0.465 e. The Morgan fingerprint density at radius 2 is 2.17 bits per heavy atom. The van der Waals surface area contributed by atoms with Crippen LogP contribution in [0.2, 0.25) is 0 Å². The number of methoxy groups -OCH3 is 1. The summed E-state index contributed by atoms with van der Waals surface area (Å²) in [6, 6.07) is 5.71. The van der Waals surface area contributed by atoms with Crippen molar-refractivity contribution in [1.82, 2.24) is 0 Å². The summed E-state index contributed by atoms with van der Waals surface area (Å²) in [5, 5.41) is 6.37. The van der Waals surface area contributed by atoms with E-state index in [0.717, 1.165) is 18.5 Å². The number of hydrogen-bond acceptors (Lipinski definition) is 4. The van der Waals surface area contributed by atoms with Gasteiger partial charge in [0.2, 0.25) is 0 Å². The lowest BCUT2D eigenvalue weighted by Gasteiger charge is -2.13. The Hall–Kier alpha value is -1.82. The number of esters is 1. The van der Waals surface area contributed by atoms with E-state index in [1.165, 1.54) is 7.11 Å². The average Bonchev–Trinajstić information content (AvgIpc) is 3.13. The highest BCUT2D eigenvalue weighted by Gasteiger charge is 2.22. The van der Waals surface area contributed by atoms with Gasteiger partial charge in [0, 0.05) is 6.04 Å². The molecule has 1 saturated carbocycles. The summed E-state index contributed by atoms with van der Waals surface area (Å²) in [4.78, 5) is 11.5. The minimum atomic E-state index is -0.390. The Kier molecular flexibility index (Phi) is 3.66. The van der Waals surface area contributed by atoms with Crippen molar-refractivity contribution < 1.29 is 9.53 Å². The van der Waals surface area contributed by atoms with E-state index in [1.54, 1.807) is 12.1 Å². The van der Waals surface area contributed by atoms with Gasteiger partial charge in [-0.1, -0.05) is 0 Å². The molecule has 0 aromatic heterocycles. The Balaban J connectivity index is 2.27. The molecule has 0 saturated heterocycles. The molecule has 1 aromatic carbocycles. The van der Waals surface area contributed by atoms with Crippen LogP contribution in [-0.2, 0) is 4.74 Å². The molecule has 0 atom stereocenters. The van der Waals surface area contributed by atoms with Crippen molar-refractivity contribution in [2.75, 3.05) is 17.7 Å². The maximum atomic E-state index is 11.5. The standard InChI is InChI=1S/C12H15N3O2S/c1-17-11(16)7-2-5-9(14-8-3-4-8)10(6-7)15-12(13)18/h2,5-6,8,14H,3-4H2,1H3,(H3,13,15,18). The lowest BCUT2D eigenvalue weighted by molar-refractivity contribution is 0.0601. The van der Waals surface area contributed by atoms with E-state index in [2.05, 4.69) is 15.4 Å². The molecular formula is C12H15N3O2S. The molecule has 0 heterocycles. The van der Waals surface area contributed by atoms with Crippen LogP contribution >= 0.6 is 12.2 Å². The molecule has 96 valence electrons. The fraction of sp³-hybridized carbons (Fsp3) is 0.333. The summed E-state index contributed by atoms with van der Waals surface area (Å²) in [5.41, 5.74) is 7.51. The molecule has 1 fully saturated rings. The van der Waals surface area contributed by atoms with Crippen LogP contribution in [0.5, 0.6) is 0 Å². The number of thiocarbonyl (C=S) groups is 1. The summed E-state index contributed by atoms with van der Waals surface area (Å²) in [6.45, 7) is 0. The Bertz CT molecular complexity index is 486. The number of benzene rings is 1. The fourth-order valence-corrected chi connectivity index (χ4v) is 1.71. The number of anilines is 2. The zero-order valence-electron chi connectivity index (χ0n) is 10.0. The van der Waals surface area contributed by atoms with Gasteiger partial charge in [0.05, 0.1) is 24.0 Å². The summed E-state index contributed by atoms with van der Waals surface area (Å²) >= 11 is 4.83. The van der Waals surface area contributed by atoms with Crippen LogP contribution in [0.1, 0.15) is 23.2 Å². The van der Waals surface area contributed by atoms with Crippen LogP contribution in [0.15, 0.2) is 18.2 Å². The number of carbonyl (C=O) groups excluding carboxylic acids is 1. The van der Waals surface area contributed by atoms with E-state index in [9.17, 15) is 4.79 Å². The van der Waals surface area contributed by atoms with Crippen molar-refractivity contribution in [3.8, 4) is 0 Å². The van der Waals surface area contributed by atoms with E-state index >= 15 is 0 Å². The molecule has 1 aliphatic carbocycles. The summed E-state index contributed by atoms with van der Waals surface area (Å²) < 4.78 is 4.68. The van der Waals surface area contributed by atoms with Gasteiger partial charge in [-0.25, -0.2) is 4.79 Å². The van der Waals surface area contributed by atoms with Crippen LogP contribution in [0, 0.1) is 0 Å². The van der Waals surface area contributed by atoms with E-state index in [4.69, 9.17) is 18.0 Å². The smallest absolute Gasteiger partial charge is 0.337 e. The summed E-state index contributed by atoms with van der Waals surface area (Å²) in [7, 11) is 1.35. The molecule has 6 heteroatoms. The van der Waals surface area contributed by atoms with Crippen molar-refractivity contribution in [3.05, 3.63) is 23.8 Å². The molecule has 0 aliphatic heterocycles. The molecule has 0 amide bonds. The van der Waals surface area contributed by atoms with E-state index < -0.39 is 0 Å². The first kappa shape index (κ1) is 12.6. The second-order valence-corrected chi connectivity index (χ2v) is 4.60. The van der Waals surface area contributed by atoms with Crippen LogP contribution in [0.25, 0.3) is 0 Å². The Morgan fingerprint density at radius 3 is 2.72 bits per heavy atom. The molecule has 4 N–H and O–H groups in total. The van der Waals surface area contributed by atoms with E-state index in [-0.39, 0.29) is 11.1 Å². The van der Waals surface area contributed by atoms with E-state index in [0.29, 0.717) is 17.3 Å². The third kappa shape index (κ3) is 3.10. The Morgan fingerprint density at radius 1 is 1.44 bits per heavy atom. The van der Waals surface area contributed by atoms with Gasteiger partial charge >= 0.3 is 5.97 Å². The number of rotatable bonds is 4. The van der Waals surface area contributed by atoms with Crippen molar-refractivity contribution in [2.45, 2.75) is 18.9 Å². The second kappa shape index (κ2) is 5.22. The van der Waals surface area contributed by atoms with E-state index in [1.807, 2.05) is 6.07 Å². The fourth-order valence-electron chi connectivity index (χ4n) is 1.60. The first-order chi connectivity index (χ1) is 8.60. The monoisotopic (exact) mass is 265 g/mol. The van der Waals surface area contributed by atoms with Crippen LogP contribution in [0.4, 0.5) is 11.4 Å². The molecule has 1 aliphatic rings. The van der Waals surface area contributed by atoms with Gasteiger partial charge in [-0.05, 0) is 43.3 Å². The molecular weight excluding hydrogens is 250 g/mol. The molecule has 2 rings (SSSR count). The molecule has 18 heavy (non-hydrogen) atoms. The van der Waals surface area contributed by atoms with Crippen LogP contribution in [0.3, 0.4) is 0 Å². The zero-order chi connectivity index (χ0) is 13.1. The summed E-state index contributed by atoms with van der Waals surface area (Å²) in [5.74, 6) is -0.390. The molecule has 0 bridgehead atoms. The van der Waals surface area contributed by atoms with Crippen LogP contribution in [-0.4, -0.2) is 24.2 Å². The third-order valence-corrected chi connectivity index (χ3v) is 2.74. The second-order valence-electron chi connectivity index (χ2n) is 4.16. The highest BCUT2D eigenvalue weighted by molar-refractivity contribution is 7.80. The van der Waals surface area contributed by atoms with Gasteiger partial charge < -0.3 is 21.1 Å². The predicted molar refractivity (Wildman–Crippen MR) is 74.8 cm³/mol. The van der Waals surface area contributed by atoms with Gasteiger partial charge in [0.15, 0.2) is 5.11 Å². The molecule has 1 aromatic rings. The first-order valence-electron chi connectivity index (χ1n) is 5.65. The first-order valence-corrected chi connectivity index (χ1v) is 6.06. The molecule has 0 radical (unpaired) electrons. The number of hydrogen-bond donors (Lipinski definition) is 3. The average molecular weight is 265 g/mol. The van der Waals surface area contributed by atoms with Gasteiger partial charge in [-0.2, -0.15) is 0 Å². The maximum Gasteiger partial charge on any atom is 0.337 e. The lowest BCUT2D eigenvalue weighted by Crippen LogP contribution is -2.20. The van der Waals surface area contributed by atoms with Crippen molar-refractivity contribution in [2.24, 2.45) is 5.73 Å². The third-order valence-electron chi connectivity index (χ3n) is 2.64. The Labute approximate surface area is 111 Å². The highest BCUT2D eigenvalue weighted by Crippen LogP contribution is 2.30. The normalized spacial score (nSPS) is 13.8.